The third kappa shape index (κ3) is 6.93. The Morgan fingerprint density at radius 3 is 2.43 bits per heavy atom. The molecule has 0 aliphatic rings. The molecule has 0 unspecified atom stereocenters. The van der Waals surface area contributed by atoms with Crippen molar-refractivity contribution in [1.29, 1.82) is 0 Å². The van der Waals surface area contributed by atoms with Gasteiger partial charge >= 0.3 is 0 Å². The van der Waals surface area contributed by atoms with E-state index in [1.807, 2.05) is 44.2 Å². The van der Waals surface area contributed by atoms with Gasteiger partial charge in [-0.05, 0) is 67.8 Å². The van der Waals surface area contributed by atoms with Crippen molar-refractivity contribution in [3.8, 4) is 5.75 Å². The Balaban J connectivity index is 1.80. The number of hydrogen-bond donors (Lipinski definition) is 1. The summed E-state index contributed by atoms with van der Waals surface area (Å²) in [6, 6.07) is 20.7. The van der Waals surface area contributed by atoms with Crippen molar-refractivity contribution in [1.82, 2.24) is 5.43 Å². The molecule has 0 saturated heterocycles. The number of nitrogens with zero attached hydrogens (tertiary/aromatic N) is 2. The van der Waals surface area contributed by atoms with Gasteiger partial charge in [0.05, 0.1) is 23.4 Å². The van der Waals surface area contributed by atoms with Gasteiger partial charge in [0.2, 0.25) is 0 Å². The molecule has 0 heterocycles. The number of amides is 1. The quantitative estimate of drug-likeness (QED) is 0.235. The molecule has 0 aromatic heterocycles. The molecular formula is C27H31N3O4S. The molecule has 35 heavy (non-hydrogen) atoms. The summed E-state index contributed by atoms with van der Waals surface area (Å²) in [5.41, 5.74) is 5.52. The Bertz CT molecular complexity index is 1270. The number of nitrogens with one attached hydrogen (secondary N) is 1. The summed E-state index contributed by atoms with van der Waals surface area (Å²) >= 11 is 0. The van der Waals surface area contributed by atoms with Gasteiger partial charge < -0.3 is 4.74 Å². The molecule has 1 amide bonds. The van der Waals surface area contributed by atoms with Crippen molar-refractivity contribution in [3.63, 3.8) is 0 Å². The average Bonchev–Trinajstić information content (AvgIpc) is 2.86. The van der Waals surface area contributed by atoms with Crippen LogP contribution in [0.3, 0.4) is 0 Å². The SMILES string of the molecule is CCCCOc1ccccc1C=NNC(=O)CN(c1ccc(C)c(C)c1)S(=O)(=O)c1ccccc1. The largest absolute Gasteiger partial charge is 0.493 e. The van der Waals surface area contributed by atoms with Crippen LogP contribution in [0.5, 0.6) is 5.75 Å². The molecule has 0 atom stereocenters. The number of aryl methyl sites for hydroxylation is 2. The molecular weight excluding hydrogens is 462 g/mol. The van der Waals surface area contributed by atoms with Gasteiger partial charge in [-0.15, -0.1) is 0 Å². The highest BCUT2D eigenvalue weighted by Crippen LogP contribution is 2.25. The first-order valence-corrected chi connectivity index (χ1v) is 13.0. The first-order chi connectivity index (χ1) is 16.8. The van der Waals surface area contributed by atoms with Crippen molar-refractivity contribution in [2.24, 2.45) is 5.10 Å². The van der Waals surface area contributed by atoms with Crippen molar-refractivity contribution in [3.05, 3.63) is 89.5 Å². The molecule has 8 heteroatoms. The fraction of sp³-hybridized carbons (Fsp3) is 0.259. The smallest absolute Gasteiger partial charge is 0.264 e. The highest BCUT2D eigenvalue weighted by molar-refractivity contribution is 7.92. The zero-order valence-corrected chi connectivity index (χ0v) is 21.1. The minimum absolute atomic E-state index is 0.104. The fourth-order valence-corrected chi connectivity index (χ4v) is 4.73. The third-order valence-electron chi connectivity index (χ3n) is 5.46. The van der Waals surface area contributed by atoms with E-state index in [0.29, 0.717) is 23.6 Å². The molecule has 0 spiro atoms. The Hall–Kier alpha value is -3.65. The number of rotatable bonds is 11. The molecule has 0 aliphatic heterocycles. The van der Waals surface area contributed by atoms with Crippen LogP contribution in [-0.2, 0) is 14.8 Å². The Labute approximate surface area is 207 Å². The molecule has 0 saturated carbocycles. The first-order valence-electron chi connectivity index (χ1n) is 11.5. The van der Waals surface area contributed by atoms with Crippen LogP contribution in [-0.4, -0.2) is 33.7 Å². The number of para-hydroxylation sites is 1. The highest BCUT2D eigenvalue weighted by atomic mass is 32.2. The van der Waals surface area contributed by atoms with Crippen molar-refractivity contribution < 1.29 is 17.9 Å². The number of ether oxygens (including phenoxy) is 1. The molecule has 1 N–H and O–H groups in total. The first kappa shape index (κ1) is 26.0. The van der Waals surface area contributed by atoms with Crippen LogP contribution >= 0.6 is 0 Å². The summed E-state index contributed by atoms with van der Waals surface area (Å²) in [5, 5.41) is 4.04. The lowest BCUT2D eigenvalue weighted by molar-refractivity contribution is -0.119. The molecule has 3 rings (SSSR count). The van der Waals surface area contributed by atoms with Gasteiger partial charge in [0.1, 0.15) is 12.3 Å². The van der Waals surface area contributed by atoms with E-state index in [9.17, 15) is 13.2 Å². The van der Waals surface area contributed by atoms with Crippen molar-refractivity contribution in [2.45, 2.75) is 38.5 Å². The van der Waals surface area contributed by atoms with Gasteiger partial charge in [-0.1, -0.05) is 49.7 Å². The van der Waals surface area contributed by atoms with E-state index in [-0.39, 0.29) is 4.90 Å². The van der Waals surface area contributed by atoms with E-state index in [0.717, 1.165) is 28.3 Å². The van der Waals surface area contributed by atoms with Crippen LogP contribution in [0.15, 0.2) is 82.8 Å². The molecule has 3 aromatic rings. The number of unbranched alkanes of at least 4 members (excludes halogenated alkanes) is 1. The summed E-state index contributed by atoms with van der Waals surface area (Å²) in [6.45, 7) is 6.10. The zero-order valence-electron chi connectivity index (χ0n) is 20.3. The van der Waals surface area contributed by atoms with Gasteiger partial charge in [0.15, 0.2) is 0 Å². The predicted molar refractivity (Wildman–Crippen MR) is 139 cm³/mol. The maximum Gasteiger partial charge on any atom is 0.264 e. The van der Waals surface area contributed by atoms with Gasteiger partial charge in [-0.2, -0.15) is 5.10 Å². The summed E-state index contributed by atoms with van der Waals surface area (Å²) in [4.78, 5) is 12.9. The topological polar surface area (TPSA) is 88.1 Å². The normalized spacial score (nSPS) is 11.4. The van der Waals surface area contributed by atoms with Crippen LogP contribution < -0.4 is 14.5 Å². The van der Waals surface area contributed by atoms with E-state index in [2.05, 4.69) is 17.5 Å². The van der Waals surface area contributed by atoms with E-state index in [1.165, 1.54) is 18.3 Å². The van der Waals surface area contributed by atoms with E-state index < -0.39 is 22.5 Å². The van der Waals surface area contributed by atoms with Gasteiger partial charge in [-0.3, -0.25) is 9.10 Å². The Kier molecular flexibility index (Phi) is 9.03. The maximum atomic E-state index is 13.4. The second kappa shape index (κ2) is 12.2. The molecule has 3 aromatic carbocycles. The van der Waals surface area contributed by atoms with E-state index in [4.69, 9.17) is 4.74 Å². The number of sulfonamides is 1. The summed E-state index contributed by atoms with van der Waals surface area (Å²) in [5.74, 6) is 0.103. The maximum absolute atomic E-state index is 13.4. The van der Waals surface area contributed by atoms with Gasteiger partial charge in [-0.25, -0.2) is 13.8 Å². The predicted octanol–water partition coefficient (Wildman–Crippen LogP) is 4.83. The lowest BCUT2D eigenvalue weighted by Gasteiger charge is -2.24. The molecule has 0 bridgehead atoms. The van der Waals surface area contributed by atoms with E-state index >= 15 is 0 Å². The van der Waals surface area contributed by atoms with Crippen LogP contribution in [0.1, 0.15) is 36.5 Å². The number of hydrogen-bond acceptors (Lipinski definition) is 5. The molecule has 7 nitrogen and oxygen atoms in total. The van der Waals surface area contributed by atoms with Crippen LogP contribution in [0.25, 0.3) is 0 Å². The summed E-state index contributed by atoms with van der Waals surface area (Å²) in [7, 11) is -3.97. The van der Waals surface area contributed by atoms with Crippen LogP contribution in [0, 0.1) is 13.8 Å². The second-order valence-corrected chi connectivity index (χ2v) is 9.99. The Morgan fingerprint density at radius 2 is 1.71 bits per heavy atom. The minimum atomic E-state index is -3.97. The van der Waals surface area contributed by atoms with Crippen LogP contribution in [0.2, 0.25) is 0 Å². The number of anilines is 1. The third-order valence-corrected chi connectivity index (χ3v) is 7.25. The summed E-state index contributed by atoms with van der Waals surface area (Å²) < 4.78 is 33.7. The number of hydrazone groups is 1. The Morgan fingerprint density at radius 1 is 1.00 bits per heavy atom. The second-order valence-electron chi connectivity index (χ2n) is 8.13. The van der Waals surface area contributed by atoms with Gasteiger partial charge in [0, 0.05) is 5.56 Å². The van der Waals surface area contributed by atoms with Gasteiger partial charge in [0.25, 0.3) is 15.9 Å². The number of benzene rings is 3. The van der Waals surface area contributed by atoms with Crippen molar-refractivity contribution in [2.75, 3.05) is 17.5 Å². The number of carbonyl (C=O) groups excluding carboxylic acids is 1. The molecule has 0 aliphatic carbocycles. The zero-order chi connectivity index (χ0) is 25.3. The molecule has 0 radical (unpaired) electrons. The van der Waals surface area contributed by atoms with E-state index in [1.54, 1.807) is 30.3 Å². The molecule has 184 valence electrons. The van der Waals surface area contributed by atoms with Crippen molar-refractivity contribution >= 4 is 27.8 Å². The fourth-order valence-electron chi connectivity index (χ4n) is 3.30. The number of carbonyl (C=O) groups is 1. The lowest BCUT2D eigenvalue weighted by Crippen LogP contribution is -2.39. The minimum Gasteiger partial charge on any atom is -0.493 e. The highest BCUT2D eigenvalue weighted by Gasteiger charge is 2.27. The standard InChI is InChI=1S/C27H31N3O4S/c1-4-5-17-34-26-14-10-9-11-23(26)19-28-29-27(31)20-30(24-16-15-21(2)22(3)18-24)35(32,33)25-12-7-6-8-13-25/h6-16,18-19H,4-5,17,20H2,1-3H3,(H,29,31). The average molecular weight is 494 g/mol. The molecule has 0 fully saturated rings. The lowest BCUT2D eigenvalue weighted by atomic mass is 10.1. The summed E-state index contributed by atoms with van der Waals surface area (Å²) in [6.07, 6.45) is 3.45. The monoisotopic (exact) mass is 493 g/mol. The van der Waals surface area contributed by atoms with Crippen LogP contribution in [0.4, 0.5) is 5.69 Å².